The molecule has 1 aliphatic rings. The molecule has 2 rings (SSSR count). The Hall–Kier alpha value is -0.940. The normalized spacial score (nSPS) is 25.8. The van der Waals surface area contributed by atoms with E-state index in [-0.39, 0.29) is 12.0 Å². The largest absolute Gasteiger partial charge is 0.379 e. The summed E-state index contributed by atoms with van der Waals surface area (Å²) in [5, 5.41) is 1.79. The lowest BCUT2D eigenvalue weighted by Gasteiger charge is -2.35. The topological polar surface area (TPSA) is 42.4 Å². The molecule has 1 aliphatic heterocycles. The Balaban J connectivity index is 2.03. The number of likely N-dealkylation sites (tertiary alicyclic amines) is 1. The van der Waals surface area contributed by atoms with Crippen LogP contribution in [0.2, 0.25) is 0 Å². The van der Waals surface area contributed by atoms with Crippen molar-refractivity contribution in [3.63, 3.8) is 0 Å². The summed E-state index contributed by atoms with van der Waals surface area (Å²) in [5.74, 6) is 0.541. The van der Waals surface area contributed by atoms with E-state index in [1.807, 2.05) is 4.90 Å². The minimum Gasteiger partial charge on any atom is -0.379 e. The molecule has 0 bridgehead atoms. The highest BCUT2D eigenvalue weighted by atomic mass is 32.1. The lowest BCUT2D eigenvalue weighted by Crippen LogP contribution is -2.46. The summed E-state index contributed by atoms with van der Waals surface area (Å²) in [6.45, 7) is 3.64. The molecule has 2 atom stereocenters. The molecule has 4 nitrogen and oxygen atoms in total. The van der Waals surface area contributed by atoms with Gasteiger partial charge in [0.15, 0.2) is 0 Å². The van der Waals surface area contributed by atoms with Crippen LogP contribution in [0, 0.1) is 5.92 Å². The molecule has 5 heteroatoms. The van der Waals surface area contributed by atoms with E-state index in [9.17, 15) is 4.79 Å². The Morgan fingerprint density at radius 2 is 2.50 bits per heavy atom. The number of piperidine rings is 1. The predicted molar refractivity (Wildman–Crippen MR) is 62.6 cm³/mol. The Kier molecular flexibility index (Phi) is 3.56. The van der Waals surface area contributed by atoms with Crippen LogP contribution in [-0.2, 0) is 4.74 Å². The number of thiazole rings is 1. The number of hydrogen-bond acceptors (Lipinski definition) is 4. The molecule has 0 aliphatic carbocycles. The van der Waals surface area contributed by atoms with Crippen molar-refractivity contribution >= 4 is 17.2 Å². The van der Waals surface area contributed by atoms with Gasteiger partial charge in [-0.25, -0.2) is 4.98 Å². The number of carbonyl (C=O) groups excluding carboxylic acids is 1. The molecule has 0 radical (unpaired) electrons. The monoisotopic (exact) mass is 240 g/mol. The summed E-state index contributed by atoms with van der Waals surface area (Å²) in [4.78, 5) is 17.9. The third-order valence-corrected chi connectivity index (χ3v) is 3.72. The molecule has 0 aromatic carbocycles. The van der Waals surface area contributed by atoms with E-state index in [1.54, 1.807) is 18.0 Å². The van der Waals surface area contributed by atoms with E-state index >= 15 is 0 Å². The van der Waals surface area contributed by atoms with Crippen LogP contribution in [0.4, 0.5) is 0 Å². The minimum atomic E-state index is 0.0233. The maximum atomic E-state index is 12.0. The van der Waals surface area contributed by atoms with Gasteiger partial charge >= 0.3 is 0 Å². The minimum absolute atomic E-state index is 0.0233. The molecular weight excluding hydrogens is 224 g/mol. The number of hydrogen-bond donors (Lipinski definition) is 0. The number of ether oxygens (including phenoxy) is 1. The van der Waals surface area contributed by atoms with E-state index in [0.717, 1.165) is 13.0 Å². The van der Waals surface area contributed by atoms with E-state index < -0.39 is 0 Å². The summed E-state index contributed by atoms with van der Waals surface area (Å²) in [5.41, 5.74) is 2.24. The Bertz CT molecular complexity index is 353. The smallest absolute Gasteiger partial charge is 0.273 e. The van der Waals surface area contributed by atoms with Crippen LogP contribution in [0.3, 0.4) is 0 Å². The molecule has 0 spiro atoms. The van der Waals surface area contributed by atoms with Gasteiger partial charge in [0.05, 0.1) is 11.6 Å². The first kappa shape index (κ1) is 11.5. The molecule has 1 amide bonds. The van der Waals surface area contributed by atoms with Crippen LogP contribution in [0.5, 0.6) is 0 Å². The fourth-order valence-electron chi connectivity index (χ4n) is 2.01. The van der Waals surface area contributed by atoms with Gasteiger partial charge in [-0.3, -0.25) is 4.79 Å². The summed E-state index contributed by atoms with van der Waals surface area (Å²) in [6, 6.07) is 0. The van der Waals surface area contributed by atoms with Crippen molar-refractivity contribution in [1.29, 1.82) is 0 Å². The van der Waals surface area contributed by atoms with Crippen LogP contribution >= 0.6 is 11.3 Å². The van der Waals surface area contributed by atoms with Crippen LogP contribution in [0.1, 0.15) is 23.8 Å². The molecule has 88 valence electrons. The van der Waals surface area contributed by atoms with Gasteiger partial charge in [0.1, 0.15) is 5.69 Å². The van der Waals surface area contributed by atoms with Gasteiger partial charge in [0.25, 0.3) is 5.91 Å². The van der Waals surface area contributed by atoms with Crippen LogP contribution in [0.25, 0.3) is 0 Å². The second-order valence-corrected chi connectivity index (χ2v) is 4.88. The Morgan fingerprint density at radius 1 is 1.69 bits per heavy atom. The number of carbonyl (C=O) groups is 1. The molecule has 1 saturated heterocycles. The van der Waals surface area contributed by atoms with Crippen LogP contribution in [-0.4, -0.2) is 42.1 Å². The number of nitrogens with zero attached hydrogens (tertiary/aromatic N) is 2. The van der Waals surface area contributed by atoms with Gasteiger partial charge in [0.2, 0.25) is 0 Å². The number of amides is 1. The maximum Gasteiger partial charge on any atom is 0.273 e. The SMILES string of the molecule is CO[C@H]1CN(C(=O)c2cscn2)CC[C@@H]1C. The molecule has 1 aromatic rings. The Morgan fingerprint density at radius 3 is 3.12 bits per heavy atom. The third-order valence-electron chi connectivity index (χ3n) is 3.13. The van der Waals surface area contributed by atoms with Crippen molar-refractivity contribution in [2.24, 2.45) is 5.92 Å². The lowest BCUT2D eigenvalue weighted by atomic mass is 9.95. The molecule has 1 fully saturated rings. The van der Waals surface area contributed by atoms with Gasteiger partial charge in [-0.2, -0.15) is 0 Å². The highest BCUT2D eigenvalue weighted by Crippen LogP contribution is 2.20. The van der Waals surface area contributed by atoms with Gasteiger partial charge < -0.3 is 9.64 Å². The highest BCUT2D eigenvalue weighted by Gasteiger charge is 2.29. The Labute approximate surface area is 99.2 Å². The van der Waals surface area contributed by atoms with Crippen molar-refractivity contribution in [3.05, 3.63) is 16.6 Å². The number of aromatic nitrogens is 1. The zero-order valence-electron chi connectivity index (χ0n) is 9.55. The van der Waals surface area contributed by atoms with Crippen molar-refractivity contribution in [2.75, 3.05) is 20.2 Å². The fraction of sp³-hybridized carbons (Fsp3) is 0.636. The van der Waals surface area contributed by atoms with Crippen LogP contribution < -0.4 is 0 Å². The molecule has 0 unspecified atom stereocenters. The molecule has 0 N–H and O–H groups in total. The second-order valence-electron chi connectivity index (χ2n) is 4.16. The first-order valence-electron chi connectivity index (χ1n) is 5.42. The van der Waals surface area contributed by atoms with Gasteiger partial charge in [0, 0.05) is 25.6 Å². The summed E-state index contributed by atoms with van der Waals surface area (Å²) < 4.78 is 5.39. The van der Waals surface area contributed by atoms with Crippen LogP contribution in [0.15, 0.2) is 10.9 Å². The molecule has 0 saturated carbocycles. The zero-order valence-corrected chi connectivity index (χ0v) is 10.4. The summed E-state index contributed by atoms with van der Waals surface area (Å²) in [6.07, 6.45) is 1.14. The van der Waals surface area contributed by atoms with Crippen molar-refractivity contribution in [1.82, 2.24) is 9.88 Å². The molecule has 16 heavy (non-hydrogen) atoms. The third kappa shape index (κ3) is 2.25. The number of methoxy groups -OCH3 is 1. The average Bonchev–Trinajstić information content (AvgIpc) is 2.82. The molecule has 1 aromatic heterocycles. The predicted octanol–water partition coefficient (Wildman–Crippen LogP) is 1.64. The average molecular weight is 240 g/mol. The maximum absolute atomic E-state index is 12.0. The summed E-state index contributed by atoms with van der Waals surface area (Å²) in [7, 11) is 1.71. The molecular formula is C11H16N2O2S. The van der Waals surface area contributed by atoms with Gasteiger partial charge in [-0.15, -0.1) is 11.3 Å². The van der Waals surface area contributed by atoms with E-state index in [1.165, 1.54) is 11.3 Å². The van der Waals surface area contributed by atoms with E-state index in [2.05, 4.69) is 11.9 Å². The number of rotatable bonds is 2. The van der Waals surface area contributed by atoms with E-state index in [0.29, 0.717) is 18.2 Å². The summed E-state index contributed by atoms with van der Waals surface area (Å²) >= 11 is 1.45. The first-order valence-corrected chi connectivity index (χ1v) is 6.37. The standard InChI is InChI=1S/C11H16N2O2S/c1-8-3-4-13(5-10(8)15-2)11(14)9-6-16-7-12-9/h6-8,10H,3-5H2,1-2H3/t8-,10-/m0/s1. The van der Waals surface area contributed by atoms with E-state index in [4.69, 9.17) is 4.74 Å². The molecule has 2 heterocycles. The fourth-order valence-corrected chi connectivity index (χ4v) is 2.53. The second kappa shape index (κ2) is 4.93. The van der Waals surface area contributed by atoms with Crippen molar-refractivity contribution in [3.8, 4) is 0 Å². The zero-order chi connectivity index (χ0) is 11.5. The lowest BCUT2D eigenvalue weighted by molar-refractivity contribution is -0.00174. The first-order chi connectivity index (χ1) is 7.72. The van der Waals surface area contributed by atoms with Crippen molar-refractivity contribution < 1.29 is 9.53 Å². The highest BCUT2D eigenvalue weighted by molar-refractivity contribution is 7.07. The van der Waals surface area contributed by atoms with Gasteiger partial charge in [-0.05, 0) is 12.3 Å². The van der Waals surface area contributed by atoms with Crippen molar-refractivity contribution in [2.45, 2.75) is 19.4 Å². The van der Waals surface area contributed by atoms with Gasteiger partial charge in [-0.1, -0.05) is 6.92 Å². The quantitative estimate of drug-likeness (QED) is 0.789.